The van der Waals surface area contributed by atoms with Gasteiger partial charge in [0.1, 0.15) is 6.10 Å². The van der Waals surface area contributed by atoms with Gasteiger partial charge in [-0.15, -0.1) is 0 Å². The Kier molecular flexibility index (Phi) is 3.63. The van der Waals surface area contributed by atoms with Crippen molar-refractivity contribution in [3.05, 3.63) is 17.5 Å². The molecule has 5 heteroatoms. The Balaban J connectivity index is 1.72. The van der Waals surface area contributed by atoms with Gasteiger partial charge in [-0.1, -0.05) is 0 Å². The summed E-state index contributed by atoms with van der Waals surface area (Å²) >= 11 is 2.05. The van der Waals surface area contributed by atoms with Crippen molar-refractivity contribution in [3.63, 3.8) is 0 Å². The molecule has 18 heavy (non-hydrogen) atoms. The minimum atomic E-state index is 0.185. The van der Waals surface area contributed by atoms with E-state index in [1.54, 1.807) is 0 Å². The number of hydrogen-bond acceptors (Lipinski definition) is 4. The molecule has 0 bridgehead atoms. The summed E-state index contributed by atoms with van der Waals surface area (Å²) in [5.41, 5.74) is 2.47. The van der Waals surface area contributed by atoms with Crippen LogP contribution in [0.5, 0.6) is 0 Å². The maximum absolute atomic E-state index is 5.93. The van der Waals surface area contributed by atoms with E-state index in [-0.39, 0.29) is 6.10 Å². The zero-order chi connectivity index (χ0) is 12.5. The molecule has 0 spiro atoms. The van der Waals surface area contributed by atoms with Crippen molar-refractivity contribution in [1.82, 2.24) is 15.1 Å². The highest BCUT2D eigenvalue weighted by Crippen LogP contribution is 2.32. The van der Waals surface area contributed by atoms with Gasteiger partial charge in [0.05, 0.1) is 6.20 Å². The second-order valence-electron chi connectivity index (χ2n) is 5.22. The van der Waals surface area contributed by atoms with Crippen LogP contribution >= 0.6 is 11.8 Å². The largest absolute Gasteiger partial charge is 0.372 e. The third-order valence-electron chi connectivity index (χ3n) is 4.05. The first-order valence-electron chi connectivity index (χ1n) is 6.69. The first kappa shape index (κ1) is 12.5. The highest BCUT2D eigenvalue weighted by molar-refractivity contribution is 7.99. The Bertz CT molecular complexity index is 414. The van der Waals surface area contributed by atoms with E-state index < -0.39 is 0 Å². The first-order chi connectivity index (χ1) is 8.75. The predicted octanol–water partition coefficient (Wildman–Crippen LogP) is 1.65. The molecule has 3 atom stereocenters. The highest BCUT2D eigenvalue weighted by Gasteiger charge is 2.33. The maximum atomic E-state index is 5.93. The van der Waals surface area contributed by atoms with Crippen LogP contribution in [0.1, 0.15) is 30.2 Å². The lowest BCUT2D eigenvalue weighted by atomic mass is 10.0. The third-order valence-corrected chi connectivity index (χ3v) is 5.21. The number of thioether (sulfide) groups is 1. The van der Waals surface area contributed by atoms with E-state index in [2.05, 4.69) is 29.1 Å². The fourth-order valence-corrected chi connectivity index (χ4v) is 4.00. The van der Waals surface area contributed by atoms with E-state index in [4.69, 9.17) is 4.74 Å². The molecule has 4 nitrogen and oxygen atoms in total. The van der Waals surface area contributed by atoms with E-state index in [1.807, 2.05) is 17.9 Å². The fraction of sp³-hybridized carbons (Fsp3) is 0.769. The van der Waals surface area contributed by atoms with Crippen molar-refractivity contribution >= 4 is 11.8 Å². The standard InChI is InChI=1S/C13H21N3OS/c1-9-11(7-14-16(9)2)13-12(3-5-17-13)15-10-4-6-18-8-10/h7,10,12-13,15H,3-6,8H2,1-2H3/t10?,12-,13+/m0/s1. The number of hydrogen-bond donors (Lipinski definition) is 1. The van der Waals surface area contributed by atoms with Crippen LogP contribution in [0.15, 0.2) is 6.20 Å². The third kappa shape index (κ3) is 2.31. The molecular formula is C13H21N3OS. The van der Waals surface area contributed by atoms with Crippen molar-refractivity contribution in [2.75, 3.05) is 18.1 Å². The van der Waals surface area contributed by atoms with Crippen LogP contribution in [0.4, 0.5) is 0 Å². The van der Waals surface area contributed by atoms with Crippen LogP contribution in [-0.2, 0) is 11.8 Å². The molecule has 0 aliphatic carbocycles. The summed E-state index contributed by atoms with van der Waals surface area (Å²) in [6.45, 7) is 2.98. The molecule has 1 aromatic rings. The Hall–Kier alpha value is -0.520. The monoisotopic (exact) mass is 267 g/mol. The Labute approximate surface area is 112 Å². The summed E-state index contributed by atoms with van der Waals surface area (Å²) in [4.78, 5) is 0. The first-order valence-corrected chi connectivity index (χ1v) is 7.85. The van der Waals surface area contributed by atoms with Gasteiger partial charge in [-0.25, -0.2) is 0 Å². The molecule has 0 aromatic carbocycles. The van der Waals surface area contributed by atoms with Gasteiger partial charge < -0.3 is 10.1 Å². The predicted molar refractivity (Wildman–Crippen MR) is 73.9 cm³/mol. The fourth-order valence-electron chi connectivity index (χ4n) is 2.83. The van der Waals surface area contributed by atoms with Gasteiger partial charge in [0, 0.05) is 42.7 Å². The SMILES string of the molecule is Cc1c([C@H]2OCC[C@@H]2NC2CCSC2)cnn1C. The van der Waals surface area contributed by atoms with Crippen molar-refractivity contribution in [3.8, 4) is 0 Å². The highest BCUT2D eigenvalue weighted by atomic mass is 32.2. The molecular weight excluding hydrogens is 246 g/mol. The lowest BCUT2D eigenvalue weighted by Crippen LogP contribution is -2.40. The van der Waals surface area contributed by atoms with E-state index in [1.165, 1.54) is 29.2 Å². The van der Waals surface area contributed by atoms with Crippen LogP contribution in [0, 0.1) is 6.92 Å². The zero-order valence-corrected chi connectivity index (χ0v) is 11.9. The summed E-state index contributed by atoms with van der Waals surface area (Å²) in [5, 5.41) is 8.11. The number of ether oxygens (including phenoxy) is 1. The molecule has 2 fully saturated rings. The van der Waals surface area contributed by atoms with Gasteiger partial charge in [0.25, 0.3) is 0 Å². The molecule has 1 N–H and O–H groups in total. The normalized spacial score (nSPS) is 32.2. The van der Waals surface area contributed by atoms with Crippen molar-refractivity contribution in [1.29, 1.82) is 0 Å². The summed E-state index contributed by atoms with van der Waals surface area (Å²) < 4.78 is 7.86. The maximum Gasteiger partial charge on any atom is 0.101 e. The van der Waals surface area contributed by atoms with Crippen LogP contribution in [0.25, 0.3) is 0 Å². The van der Waals surface area contributed by atoms with E-state index in [0.717, 1.165) is 13.0 Å². The molecule has 2 aliphatic rings. The minimum Gasteiger partial charge on any atom is -0.372 e. The Morgan fingerprint density at radius 3 is 3.06 bits per heavy atom. The van der Waals surface area contributed by atoms with Crippen molar-refractivity contribution in [2.24, 2.45) is 7.05 Å². The smallest absolute Gasteiger partial charge is 0.101 e. The summed E-state index contributed by atoms with van der Waals surface area (Å²) in [5.74, 6) is 2.54. The van der Waals surface area contributed by atoms with Gasteiger partial charge in [0.2, 0.25) is 0 Å². The van der Waals surface area contributed by atoms with Crippen molar-refractivity contribution in [2.45, 2.75) is 38.0 Å². The van der Waals surface area contributed by atoms with Crippen LogP contribution in [0.2, 0.25) is 0 Å². The average Bonchev–Trinajstić information content (AvgIpc) is 3.06. The second-order valence-corrected chi connectivity index (χ2v) is 6.37. The number of nitrogens with one attached hydrogen (secondary N) is 1. The van der Waals surface area contributed by atoms with E-state index in [0.29, 0.717) is 12.1 Å². The number of aryl methyl sites for hydroxylation is 1. The Morgan fingerprint density at radius 2 is 2.39 bits per heavy atom. The molecule has 0 saturated carbocycles. The summed E-state index contributed by atoms with van der Waals surface area (Å²) in [6, 6.07) is 1.12. The zero-order valence-electron chi connectivity index (χ0n) is 11.1. The summed E-state index contributed by atoms with van der Waals surface area (Å²) in [7, 11) is 1.99. The molecule has 3 rings (SSSR count). The number of rotatable bonds is 3. The topological polar surface area (TPSA) is 39.1 Å². The van der Waals surface area contributed by atoms with E-state index in [9.17, 15) is 0 Å². The van der Waals surface area contributed by atoms with Crippen LogP contribution in [0.3, 0.4) is 0 Å². The Morgan fingerprint density at radius 1 is 1.50 bits per heavy atom. The molecule has 0 amide bonds. The van der Waals surface area contributed by atoms with Gasteiger partial charge in [0.15, 0.2) is 0 Å². The molecule has 2 saturated heterocycles. The molecule has 0 radical (unpaired) electrons. The molecule has 100 valence electrons. The van der Waals surface area contributed by atoms with Crippen molar-refractivity contribution < 1.29 is 4.74 Å². The van der Waals surface area contributed by atoms with Gasteiger partial charge in [-0.2, -0.15) is 16.9 Å². The number of nitrogens with zero attached hydrogens (tertiary/aromatic N) is 2. The molecule has 2 aliphatic heterocycles. The van der Waals surface area contributed by atoms with Gasteiger partial charge in [-0.3, -0.25) is 4.68 Å². The molecule has 3 heterocycles. The van der Waals surface area contributed by atoms with Crippen LogP contribution in [-0.4, -0.2) is 40.0 Å². The molecule has 1 unspecified atom stereocenters. The van der Waals surface area contributed by atoms with Gasteiger partial charge >= 0.3 is 0 Å². The second kappa shape index (κ2) is 5.23. The number of aromatic nitrogens is 2. The lowest BCUT2D eigenvalue weighted by molar-refractivity contribution is 0.0964. The van der Waals surface area contributed by atoms with Gasteiger partial charge in [-0.05, 0) is 25.5 Å². The van der Waals surface area contributed by atoms with E-state index >= 15 is 0 Å². The quantitative estimate of drug-likeness (QED) is 0.904. The average molecular weight is 267 g/mol. The van der Waals surface area contributed by atoms with Crippen LogP contribution < -0.4 is 5.32 Å². The summed E-state index contributed by atoms with van der Waals surface area (Å²) in [6.07, 6.45) is 4.55. The molecule has 1 aromatic heterocycles. The lowest BCUT2D eigenvalue weighted by Gasteiger charge is -2.23. The minimum absolute atomic E-state index is 0.185.